The van der Waals surface area contributed by atoms with Crippen molar-refractivity contribution in [1.82, 2.24) is 19.8 Å². The van der Waals surface area contributed by atoms with Gasteiger partial charge in [-0.15, -0.1) is 10.2 Å². The van der Waals surface area contributed by atoms with Gasteiger partial charge in [0.2, 0.25) is 10.8 Å². The summed E-state index contributed by atoms with van der Waals surface area (Å²) in [6, 6.07) is 13.7. The van der Waals surface area contributed by atoms with E-state index in [1.807, 2.05) is 61.5 Å². The molecule has 3 aromatic heterocycles. The lowest BCUT2D eigenvalue weighted by atomic mass is 10.1. The van der Waals surface area contributed by atoms with Gasteiger partial charge in [0.1, 0.15) is 10.6 Å². The zero-order valence-electron chi connectivity index (χ0n) is 16.6. The van der Waals surface area contributed by atoms with E-state index in [-0.39, 0.29) is 0 Å². The molecule has 7 nitrogen and oxygen atoms in total. The maximum atomic E-state index is 6.03. The molecular weight excluding hydrogens is 400 g/mol. The summed E-state index contributed by atoms with van der Waals surface area (Å²) in [6.45, 7) is 2.02. The number of benzene rings is 2. The number of rotatable bonds is 5. The minimum atomic E-state index is 0.598. The van der Waals surface area contributed by atoms with E-state index in [0.717, 1.165) is 27.1 Å². The van der Waals surface area contributed by atoms with Crippen molar-refractivity contribution in [3.8, 4) is 23.1 Å². The van der Waals surface area contributed by atoms with Crippen molar-refractivity contribution < 1.29 is 13.9 Å². The first kappa shape index (κ1) is 18.4. The summed E-state index contributed by atoms with van der Waals surface area (Å²) >= 11 is 1.46. The Kier molecular flexibility index (Phi) is 4.48. The van der Waals surface area contributed by atoms with Crippen LogP contribution in [0.5, 0.6) is 11.5 Å². The van der Waals surface area contributed by atoms with Crippen LogP contribution < -0.4 is 9.47 Å². The molecule has 0 saturated carbocycles. The standard InChI is InChI=1S/C22H18N4O3S/c1-13-15-6-4-5-7-16(15)29-20(13)21-23-24-22-26(21)25-19(30-22)11-9-14-8-10-17(27-2)18(12-14)28-3/h4-12H,1-3H3. The Labute approximate surface area is 176 Å². The van der Waals surface area contributed by atoms with Gasteiger partial charge in [-0.25, -0.2) is 0 Å². The summed E-state index contributed by atoms with van der Waals surface area (Å²) in [5.74, 6) is 2.66. The van der Waals surface area contributed by atoms with Gasteiger partial charge >= 0.3 is 0 Å². The van der Waals surface area contributed by atoms with Crippen LogP contribution >= 0.6 is 11.3 Å². The number of hydrogen-bond donors (Lipinski definition) is 0. The molecule has 0 N–H and O–H groups in total. The second kappa shape index (κ2) is 7.31. The molecule has 0 unspecified atom stereocenters. The third kappa shape index (κ3) is 3.02. The van der Waals surface area contributed by atoms with Crippen LogP contribution in [-0.2, 0) is 0 Å². The molecule has 0 saturated heterocycles. The Hall–Kier alpha value is -3.65. The van der Waals surface area contributed by atoms with Crippen molar-refractivity contribution >= 4 is 39.4 Å². The van der Waals surface area contributed by atoms with Crippen LogP contribution in [-0.4, -0.2) is 34.0 Å². The van der Waals surface area contributed by atoms with Crippen LogP contribution in [0.25, 0.3) is 39.7 Å². The highest BCUT2D eigenvalue weighted by Gasteiger charge is 2.19. The third-order valence-corrected chi connectivity index (χ3v) is 5.74. The third-order valence-electron chi connectivity index (χ3n) is 4.88. The van der Waals surface area contributed by atoms with E-state index < -0.39 is 0 Å². The average molecular weight is 418 g/mol. The number of fused-ring (bicyclic) bond motifs is 2. The highest BCUT2D eigenvalue weighted by atomic mass is 32.1. The monoisotopic (exact) mass is 418 g/mol. The summed E-state index contributed by atoms with van der Waals surface area (Å²) in [5.41, 5.74) is 2.83. The first-order valence-corrected chi connectivity index (χ1v) is 10.1. The fourth-order valence-corrected chi connectivity index (χ4v) is 4.09. The fourth-order valence-electron chi connectivity index (χ4n) is 3.35. The highest BCUT2D eigenvalue weighted by molar-refractivity contribution is 7.17. The SMILES string of the molecule is COc1ccc(C=Cc2nn3c(-c4oc5ccccc5c4C)nnc3s2)cc1OC. The second-order valence-electron chi connectivity index (χ2n) is 6.66. The molecule has 8 heteroatoms. The number of nitrogens with zero attached hydrogens (tertiary/aromatic N) is 4. The Morgan fingerprint density at radius 3 is 2.63 bits per heavy atom. The quantitative estimate of drug-likeness (QED) is 0.396. The van der Waals surface area contributed by atoms with Crippen LogP contribution in [0.1, 0.15) is 16.1 Å². The summed E-state index contributed by atoms with van der Waals surface area (Å²) in [6.07, 6.45) is 3.91. The molecule has 0 radical (unpaired) electrons. The maximum absolute atomic E-state index is 6.03. The Bertz CT molecular complexity index is 1400. The van der Waals surface area contributed by atoms with Gasteiger partial charge in [0.15, 0.2) is 17.3 Å². The molecule has 0 bridgehead atoms. The van der Waals surface area contributed by atoms with Crippen LogP contribution in [0.3, 0.4) is 0 Å². The molecule has 2 aromatic carbocycles. The van der Waals surface area contributed by atoms with Crippen LogP contribution in [0.4, 0.5) is 0 Å². The number of aryl methyl sites for hydroxylation is 1. The van der Waals surface area contributed by atoms with E-state index in [0.29, 0.717) is 28.0 Å². The number of hydrogen-bond acceptors (Lipinski definition) is 7. The lowest BCUT2D eigenvalue weighted by Gasteiger charge is -2.07. The van der Waals surface area contributed by atoms with Gasteiger partial charge in [-0.1, -0.05) is 41.7 Å². The average Bonchev–Trinajstić information content (AvgIpc) is 3.45. The van der Waals surface area contributed by atoms with Crippen molar-refractivity contribution in [2.24, 2.45) is 0 Å². The lowest BCUT2D eigenvalue weighted by molar-refractivity contribution is 0.355. The normalized spacial score (nSPS) is 11.7. The lowest BCUT2D eigenvalue weighted by Crippen LogP contribution is -1.91. The van der Waals surface area contributed by atoms with Gasteiger partial charge in [-0.2, -0.15) is 9.61 Å². The number of aromatic nitrogens is 4. The fraction of sp³-hybridized carbons (Fsp3) is 0.136. The summed E-state index contributed by atoms with van der Waals surface area (Å²) in [5, 5.41) is 15.1. The molecule has 0 aliphatic carbocycles. The molecule has 0 fully saturated rings. The van der Waals surface area contributed by atoms with Gasteiger partial charge < -0.3 is 13.9 Å². The van der Waals surface area contributed by atoms with Crippen molar-refractivity contribution in [2.45, 2.75) is 6.92 Å². The van der Waals surface area contributed by atoms with Gasteiger partial charge in [-0.3, -0.25) is 0 Å². The van der Waals surface area contributed by atoms with Crippen molar-refractivity contribution in [1.29, 1.82) is 0 Å². The number of furan rings is 1. The summed E-state index contributed by atoms with van der Waals surface area (Å²) < 4.78 is 18.4. The smallest absolute Gasteiger partial charge is 0.235 e. The van der Waals surface area contributed by atoms with Gasteiger partial charge in [0.25, 0.3) is 0 Å². The van der Waals surface area contributed by atoms with E-state index in [9.17, 15) is 0 Å². The zero-order valence-corrected chi connectivity index (χ0v) is 17.4. The van der Waals surface area contributed by atoms with Crippen LogP contribution in [0.2, 0.25) is 0 Å². The number of para-hydroxylation sites is 1. The summed E-state index contributed by atoms with van der Waals surface area (Å²) in [7, 11) is 3.24. The van der Waals surface area contributed by atoms with Crippen molar-refractivity contribution in [3.63, 3.8) is 0 Å². The molecule has 0 aliphatic rings. The van der Waals surface area contributed by atoms with E-state index in [1.54, 1.807) is 18.7 Å². The Morgan fingerprint density at radius 1 is 1.00 bits per heavy atom. The van der Waals surface area contributed by atoms with Crippen LogP contribution in [0, 0.1) is 6.92 Å². The van der Waals surface area contributed by atoms with E-state index in [4.69, 9.17) is 13.9 Å². The van der Waals surface area contributed by atoms with E-state index in [1.165, 1.54) is 11.3 Å². The van der Waals surface area contributed by atoms with Gasteiger partial charge in [0, 0.05) is 10.9 Å². The van der Waals surface area contributed by atoms with E-state index in [2.05, 4.69) is 15.3 Å². The number of ether oxygens (including phenoxy) is 2. The molecule has 0 atom stereocenters. The molecule has 0 amide bonds. The number of methoxy groups -OCH3 is 2. The molecule has 150 valence electrons. The van der Waals surface area contributed by atoms with Gasteiger partial charge in [0.05, 0.1) is 14.2 Å². The predicted octanol–water partition coefficient (Wildman–Crippen LogP) is 5.10. The summed E-state index contributed by atoms with van der Waals surface area (Å²) in [4.78, 5) is 0.705. The molecule has 5 rings (SSSR count). The largest absolute Gasteiger partial charge is 0.493 e. The molecule has 5 aromatic rings. The zero-order chi connectivity index (χ0) is 20.7. The molecule has 30 heavy (non-hydrogen) atoms. The molecular formula is C22H18N4O3S. The molecule has 0 aliphatic heterocycles. The van der Waals surface area contributed by atoms with Gasteiger partial charge in [-0.05, 0) is 36.8 Å². The Morgan fingerprint density at radius 2 is 1.83 bits per heavy atom. The van der Waals surface area contributed by atoms with Crippen LogP contribution in [0.15, 0.2) is 46.9 Å². The topological polar surface area (TPSA) is 74.7 Å². The first-order chi connectivity index (χ1) is 14.7. The molecule has 3 heterocycles. The predicted molar refractivity (Wildman–Crippen MR) is 117 cm³/mol. The molecule has 0 spiro atoms. The first-order valence-electron chi connectivity index (χ1n) is 9.29. The Balaban J connectivity index is 1.50. The minimum absolute atomic E-state index is 0.598. The van der Waals surface area contributed by atoms with E-state index >= 15 is 0 Å². The second-order valence-corrected chi connectivity index (χ2v) is 7.65. The maximum Gasteiger partial charge on any atom is 0.235 e. The van der Waals surface area contributed by atoms with Crippen molar-refractivity contribution in [3.05, 3.63) is 58.6 Å². The minimum Gasteiger partial charge on any atom is -0.493 e. The highest BCUT2D eigenvalue weighted by Crippen LogP contribution is 2.33. The van der Waals surface area contributed by atoms with Crippen molar-refractivity contribution in [2.75, 3.05) is 14.2 Å².